The number of aryl methyl sites for hydroxylation is 1. The highest BCUT2D eigenvalue weighted by atomic mass is 16.5. The molecule has 0 aliphatic heterocycles. The number of carbonyl (C=O) groups is 1. The van der Waals surface area contributed by atoms with Crippen molar-refractivity contribution in [1.29, 1.82) is 0 Å². The molecule has 0 bridgehead atoms. The summed E-state index contributed by atoms with van der Waals surface area (Å²) in [7, 11) is 0. The van der Waals surface area contributed by atoms with Crippen LogP contribution in [0.5, 0.6) is 5.75 Å². The van der Waals surface area contributed by atoms with Crippen LogP contribution in [-0.2, 0) is 4.79 Å². The predicted molar refractivity (Wildman–Crippen MR) is 76.5 cm³/mol. The van der Waals surface area contributed by atoms with Crippen LogP contribution in [0.2, 0.25) is 0 Å². The Balaban J connectivity index is 2.03. The third kappa shape index (κ3) is 4.06. The van der Waals surface area contributed by atoms with E-state index in [0.717, 1.165) is 10.9 Å². The summed E-state index contributed by atoms with van der Waals surface area (Å²) in [6.07, 6.45) is 1.46. The molecule has 6 heteroatoms. The summed E-state index contributed by atoms with van der Waals surface area (Å²) in [5.41, 5.74) is 2.65. The Morgan fingerprint density at radius 3 is 2.90 bits per heavy atom. The lowest BCUT2D eigenvalue weighted by Gasteiger charge is -2.08. The predicted octanol–water partition coefficient (Wildman–Crippen LogP) is 2.16. The van der Waals surface area contributed by atoms with Crippen molar-refractivity contribution in [3.8, 4) is 5.75 Å². The summed E-state index contributed by atoms with van der Waals surface area (Å²) in [5, 5.41) is 9.12. The minimum atomic E-state index is -0.457. The van der Waals surface area contributed by atoms with Crippen molar-refractivity contribution in [2.75, 3.05) is 6.61 Å². The molecule has 2 rings (SSSR count). The molecule has 1 amide bonds. The maximum absolute atomic E-state index is 11.5. The van der Waals surface area contributed by atoms with Gasteiger partial charge in [0.1, 0.15) is 11.3 Å². The van der Waals surface area contributed by atoms with Crippen LogP contribution < -0.4 is 15.8 Å². The van der Waals surface area contributed by atoms with E-state index >= 15 is 0 Å². The first-order valence-corrected chi connectivity index (χ1v) is 6.70. The van der Waals surface area contributed by atoms with E-state index < -0.39 is 11.5 Å². The molecule has 0 aliphatic carbocycles. The van der Waals surface area contributed by atoms with Gasteiger partial charge in [-0.3, -0.25) is 10.0 Å². The zero-order valence-electron chi connectivity index (χ0n) is 11.7. The highest BCUT2D eigenvalue weighted by Gasteiger charge is 2.07. The summed E-state index contributed by atoms with van der Waals surface area (Å²) in [5.74, 6) is 0.0630. The largest absolute Gasteiger partial charge is 0.493 e. The Morgan fingerprint density at radius 1 is 1.33 bits per heavy atom. The number of benzene rings is 1. The molecule has 6 nitrogen and oxygen atoms in total. The summed E-state index contributed by atoms with van der Waals surface area (Å²) in [6.45, 7) is 2.33. The van der Waals surface area contributed by atoms with Crippen molar-refractivity contribution in [2.24, 2.45) is 0 Å². The van der Waals surface area contributed by atoms with Gasteiger partial charge in [0.05, 0.1) is 18.1 Å². The van der Waals surface area contributed by atoms with Crippen molar-refractivity contribution >= 4 is 16.9 Å². The number of ether oxygens (including phenoxy) is 1. The number of fused-ring (bicyclic) bond motifs is 1. The van der Waals surface area contributed by atoms with Crippen LogP contribution in [0.3, 0.4) is 0 Å². The van der Waals surface area contributed by atoms with Gasteiger partial charge in [-0.2, -0.15) is 0 Å². The Kier molecular flexibility index (Phi) is 4.94. The molecule has 1 aromatic carbocycles. The third-order valence-corrected chi connectivity index (χ3v) is 3.04. The average Bonchev–Trinajstić information content (AvgIpc) is 2.47. The quantitative estimate of drug-likeness (QED) is 0.368. The topological polar surface area (TPSA) is 88.8 Å². The molecule has 2 N–H and O–H groups in total. The number of hydroxylamine groups is 1. The number of amides is 1. The van der Waals surface area contributed by atoms with Crippen LogP contribution in [0.25, 0.3) is 11.0 Å². The summed E-state index contributed by atoms with van der Waals surface area (Å²) in [4.78, 5) is 22.3. The molecule has 1 heterocycles. The van der Waals surface area contributed by atoms with Crippen LogP contribution in [0.4, 0.5) is 0 Å². The molecule has 0 atom stereocenters. The second kappa shape index (κ2) is 6.90. The zero-order chi connectivity index (χ0) is 15.2. The van der Waals surface area contributed by atoms with Gasteiger partial charge >= 0.3 is 5.63 Å². The van der Waals surface area contributed by atoms with Gasteiger partial charge in [0, 0.05) is 6.42 Å². The first-order valence-electron chi connectivity index (χ1n) is 6.70. The van der Waals surface area contributed by atoms with Crippen LogP contribution in [0, 0.1) is 6.92 Å². The van der Waals surface area contributed by atoms with Gasteiger partial charge in [-0.25, -0.2) is 10.3 Å². The van der Waals surface area contributed by atoms with E-state index in [1.54, 1.807) is 11.5 Å². The number of unbranched alkanes of at least 4 members (excludes halogenated alkanes) is 1. The van der Waals surface area contributed by atoms with Crippen LogP contribution in [0.1, 0.15) is 24.8 Å². The zero-order valence-corrected chi connectivity index (χ0v) is 11.7. The lowest BCUT2D eigenvalue weighted by atomic mass is 10.1. The minimum Gasteiger partial charge on any atom is -0.493 e. The molecule has 1 aromatic heterocycles. The highest BCUT2D eigenvalue weighted by Crippen LogP contribution is 2.24. The van der Waals surface area contributed by atoms with Crippen LogP contribution in [-0.4, -0.2) is 17.7 Å². The number of hydrogen-bond acceptors (Lipinski definition) is 5. The van der Waals surface area contributed by atoms with Gasteiger partial charge in [0.25, 0.3) is 0 Å². The molecule has 0 fully saturated rings. The molecule has 0 saturated heterocycles. The molecule has 112 valence electrons. The molecule has 0 spiro atoms. The second-order valence-electron chi connectivity index (χ2n) is 4.77. The SMILES string of the molecule is Cc1ccc2oc(=O)cc(OCCCCC(=O)NO)c2c1. The highest BCUT2D eigenvalue weighted by molar-refractivity contribution is 5.83. The Morgan fingerprint density at radius 2 is 2.14 bits per heavy atom. The second-order valence-corrected chi connectivity index (χ2v) is 4.77. The molecule has 0 aliphatic rings. The maximum atomic E-state index is 11.5. The van der Waals surface area contributed by atoms with Gasteiger partial charge in [0.15, 0.2) is 0 Å². The Bertz CT molecular complexity index is 692. The molecule has 0 radical (unpaired) electrons. The smallest absolute Gasteiger partial charge is 0.339 e. The molecule has 0 unspecified atom stereocenters. The van der Waals surface area contributed by atoms with Crippen LogP contribution >= 0.6 is 0 Å². The van der Waals surface area contributed by atoms with Gasteiger partial charge < -0.3 is 9.15 Å². The molecular weight excluding hydrogens is 274 g/mol. The molecule has 0 saturated carbocycles. The lowest BCUT2D eigenvalue weighted by molar-refractivity contribution is -0.129. The van der Waals surface area contributed by atoms with Gasteiger partial charge in [-0.1, -0.05) is 11.6 Å². The number of carbonyl (C=O) groups excluding carboxylic acids is 1. The normalized spacial score (nSPS) is 10.6. The standard InChI is InChI=1S/C15H17NO5/c1-10-5-6-12-11(8-10)13(9-15(18)21-12)20-7-3-2-4-14(17)16-19/h5-6,8-9,19H,2-4,7H2,1H3,(H,16,17). The first-order chi connectivity index (χ1) is 10.1. The van der Waals surface area contributed by atoms with Crippen molar-refractivity contribution in [3.63, 3.8) is 0 Å². The van der Waals surface area contributed by atoms with Crippen molar-refractivity contribution in [3.05, 3.63) is 40.2 Å². The van der Waals surface area contributed by atoms with Gasteiger partial charge in [-0.15, -0.1) is 0 Å². The van der Waals surface area contributed by atoms with E-state index in [4.69, 9.17) is 14.4 Å². The summed E-state index contributed by atoms with van der Waals surface area (Å²) >= 11 is 0. The minimum absolute atomic E-state index is 0.233. The fraction of sp³-hybridized carbons (Fsp3) is 0.333. The number of hydrogen-bond donors (Lipinski definition) is 2. The maximum Gasteiger partial charge on any atom is 0.339 e. The van der Waals surface area contributed by atoms with E-state index in [2.05, 4.69) is 0 Å². The average molecular weight is 291 g/mol. The first kappa shape index (κ1) is 15.1. The Labute approximate surface area is 121 Å². The van der Waals surface area contributed by atoms with E-state index in [9.17, 15) is 9.59 Å². The van der Waals surface area contributed by atoms with Crippen molar-refractivity contribution in [2.45, 2.75) is 26.2 Å². The van der Waals surface area contributed by atoms with E-state index in [-0.39, 0.29) is 6.42 Å². The lowest BCUT2D eigenvalue weighted by Crippen LogP contribution is -2.18. The number of nitrogens with one attached hydrogen (secondary N) is 1. The molecule has 2 aromatic rings. The van der Waals surface area contributed by atoms with E-state index in [1.807, 2.05) is 19.1 Å². The number of rotatable bonds is 6. The van der Waals surface area contributed by atoms with Gasteiger partial charge in [-0.05, 0) is 31.9 Å². The molecular formula is C15H17NO5. The summed E-state index contributed by atoms with van der Waals surface area (Å²) < 4.78 is 10.7. The van der Waals surface area contributed by atoms with Gasteiger partial charge in [0.2, 0.25) is 5.91 Å². The Hall–Kier alpha value is -2.34. The van der Waals surface area contributed by atoms with E-state index in [1.165, 1.54) is 6.07 Å². The third-order valence-electron chi connectivity index (χ3n) is 3.04. The van der Waals surface area contributed by atoms with Crippen molar-refractivity contribution in [1.82, 2.24) is 5.48 Å². The summed E-state index contributed by atoms with van der Waals surface area (Å²) in [6, 6.07) is 6.82. The van der Waals surface area contributed by atoms with E-state index in [0.29, 0.717) is 30.8 Å². The monoisotopic (exact) mass is 291 g/mol. The fourth-order valence-corrected chi connectivity index (χ4v) is 1.99. The molecule has 21 heavy (non-hydrogen) atoms. The van der Waals surface area contributed by atoms with Crippen LogP contribution in [0.15, 0.2) is 33.5 Å². The fourth-order valence-electron chi connectivity index (χ4n) is 1.99. The van der Waals surface area contributed by atoms with Crippen molar-refractivity contribution < 1.29 is 19.2 Å².